The first kappa shape index (κ1) is 26.7. The van der Waals surface area contributed by atoms with Crippen LogP contribution in [0.3, 0.4) is 0 Å². The smallest absolute Gasteiger partial charge is 0.255 e. The molecule has 2 aromatic rings. The average molecular weight is 495 g/mol. The van der Waals surface area contributed by atoms with Crippen LogP contribution in [0.15, 0.2) is 54.6 Å². The van der Waals surface area contributed by atoms with Gasteiger partial charge in [-0.05, 0) is 43.9 Å². The maximum Gasteiger partial charge on any atom is 0.255 e. The highest BCUT2D eigenvalue weighted by molar-refractivity contribution is 5.99. The minimum absolute atomic E-state index is 0.00531. The van der Waals surface area contributed by atoms with Crippen molar-refractivity contribution in [3.05, 3.63) is 65.7 Å². The summed E-state index contributed by atoms with van der Waals surface area (Å²) in [4.78, 5) is 52.6. The van der Waals surface area contributed by atoms with E-state index in [1.54, 1.807) is 38.2 Å². The third-order valence-electron chi connectivity index (χ3n) is 6.20. The number of rotatable bonds is 5. The molecule has 0 unspecified atom stereocenters. The number of benzene rings is 2. The monoisotopic (exact) mass is 494 g/mol. The van der Waals surface area contributed by atoms with Crippen LogP contribution < -0.4 is 20.7 Å². The molecule has 0 fully saturated rings. The molecule has 0 saturated carbocycles. The summed E-state index contributed by atoms with van der Waals surface area (Å²) in [5.41, 5.74) is 1.45. The van der Waals surface area contributed by atoms with Crippen molar-refractivity contribution in [3.63, 3.8) is 0 Å². The Labute approximate surface area is 211 Å². The van der Waals surface area contributed by atoms with E-state index in [1.807, 2.05) is 30.3 Å². The first-order chi connectivity index (χ1) is 17.4. The maximum absolute atomic E-state index is 13.1. The van der Waals surface area contributed by atoms with Crippen molar-refractivity contribution in [2.45, 2.75) is 44.7 Å². The lowest BCUT2D eigenvalue weighted by Gasteiger charge is -2.25. The number of aryl methyl sites for hydroxylation is 1. The van der Waals surface area contributed by atoms with Gasteiger partial charge in [0, 0.05) is 20.0 Å². The fourth-order valence-electron chi connectivity index (χ4n) is 3.88. The summed E-state index contributed by atoms with van der Waals surface area (Å²) >= 11 is 0. The highest BCUT2D eigenvalue weighted by atomic mass is 16.5. The molecular weight excluding hydrogens is 460 g/mol. The van der Waals surface area contributed by atoms with Crippen LogP contribution in [0.1, 0.15) is 42.1 Å². The van der Waals surface area contributed by atoms with Gasteiger partial charge in [-0.3, -0.25) is 19.2 Å². The number of likely N-dealkylation sites (N-methyl/N-ethyl adjacent to an activating group) is 1. The van der Waals surface area contributed by atoms with Crippen molar-refractivity contribution in [1.82, 2.24) is 20.9 Å². The Hall–Kier alpha value is -3.88. The lowest BCUT2D eigenvalue weighted by molar-refractivity contribution is -0.138. The van der Waals surface area contributed by atoms with Gasteiger partial charge in [0.25, 0.3) is 5.91 Å². The van der Waals surface area contributed by atoms with Crippen LogP contribution >= 0.6 is 0 Å². The summed E-state index contributed by atoms with van der Waals surface area (Å²) in [5.74, 6) is -1.08. The van der Waals surface area contributed by atoms with Gasteiger partial charge in [-0.2, -0.15) is 0 Å². The standard InChI is InChI=1S/C27H34N4O5/c1-19-25(33)29-17-18-36-23-13-7-6-12-21(23)26(34)30-22(14-15-24(32)31(19)2)27(35)28-16-8-11-20-9-4-3-5-10-20/h3-7,9-10,12-13,19,22H,8,11,14-18H2,1-2H3,(H,28,35)(H,29,33)(H,30,34)/t19-,22-/m0/s1. The molecule has 9 nitrogen and oxygen atoms in total. The van der Waals surface area contributed by atoms with E-state index in [0.29, 0.717) is 12.3 Å². The molecule has 192 valence electrons. The topological polar surface area (TPSA) is 117 Å². The second kappa shape index (κ2) is 13.3. The Morgan fingerprint density at radius 2 is 1.81 bits per heavy atom. The summed E-state index contributed by atoms with van der Waals surface area (Å²) in [6.45, 7) is 2.44. The number of carbonyl (C=O) groups excluding carboxylic acids is 4. The van der Waals surface area contributed by atoms with E-state index in [0.717, 1.165) is 12.8 Å². The molecule has 0 aromatic heterocycles. The quantitative estimate of drug-likeness (QED) is 0.547. The van der Waals surface area contributed by atoms with Gasteiger partial charge in [0.05, 0.1) is 12.1 Å². The SMILES string of the molecule is C[C@H]1C(=O)NCCOc2ccccc2C(=O)N[C@H](C(=O)NCCCc2ccccc2)CCC(=O)N1C. The van der Waals surface area contributed by atoms with Crippen LogP contribution in [0.4, 0.5) is 0 Å². The van der Waals surface area contributed by atoms with Gasteiger partial charge in [-0.15, -0.1) is 0 Å². The molecule has 4 amide bonds. The van der Waals surface area contributed by atoms with Crippen molar-refractivity contribution in [2.24, 2.45) is 0 Å². The zero-order valence-corrected chi connectivity index (χ0v) is 20.8. The second-order valence-corrected chi connectivity index (χ2v) is 8.76. The highest BCUT2D eigenvalue weighted by Gasteiger charge is 2.27. The zero-order chi connectivity index (χ0) is 25.9. The summed E-state index contributed by atoms with van der Waals surface area (Å²) in [7, 11) is 1.55. The Bertz CT molecular complexity index is 1060. The molecule has 3 N–H and O–H groups in total. The molecule has 9 heteroatoms. The van der Waals surface area contributed by atoms with Crippen LogP contribution in [-0.4, -0.2) is 67.4 Å². The Morgan fingerprint density at radius 3 is 2.58 bits per heavy atom. The van der Waals surface area contributed by atoms with Crippen LogP contribution in [0.2, 0.25) is 0 Å². The molecule has 1 aliphatic heterocycles. The van der Waals surface area contributed by atoms with Crippen molar-refractivity contribution in [2.75, 3.05) is 26.7 Å². The largest absolute Gasteiger partial charge is 0.491 e. The van der Waals surface area contributed by atoms with Gasteiger partial charge in [-0.25, -0.2) is 0 Å². The number of carbonyl (C=O) groups is 4. The predicted molar refractivity (Wildman–Crippen MR) is 135 cm³/mol. The molecule has 0 radical (unpaired) electrons. The van der Waals surface area contributed by atoms with Crippen molar-refractivity contribution in [3.8, 4) is 5.75 Å². The number of nitrogens with one attached hydrogen (secondary N) is 3. The normalized spacial score (nSPS) is 19.6. The summed E-state index contributed by atoms with van der Waals surface area (Å²) in [6, 6.07) is 15.1. The molecule has 0 bridgehead atoms. The number of ether oxygens (including phenoxy) is 1. The van der Waals surface area contributed by atoms with Gasteiger partial charge in [0.2, 0.25) is 17.7 Å². The molecule has 0 saturated heterocycles. The Balaban J connectivity index is 1.72. The van der Waals surface area contributed by atoms with E-state index >= 15 is 0 Å². The highest BCUT2D eigenvalue weighted by Crippen LogP contribution is 2.18. The van der Waals surface area contributed by atoms with E-state index in [9.17, 15) is 19.2 Å². The summed E-state index contributed by atoms with van der Waals surface area (Å²) in [6.07, 6.45) is 1.64. The Morgan fingerprint density at radius 1 is 1.08 bits per heavy atom. The molecule has 1 heterocycles. The first-order valence-electron chi connectivity index (χ1n) is 12.2. The number of amides is 4. The van der Waals surface area contributed by atoms with Crippen LogP contribution in [0.25, 0.3) is 0 Å². The van der Waals surface area contributed by atoms with E-state index in [1.165, 1.54) is 10.5 Å². The number of nitrogens with zero attached hydrogens (tertiary/aromatic N) is 1. The third kappa shape index (κ3) is 7.56. The Kier molecular flexibility index (Phi) is 9.85. The molecule has 0 aliphatic carbocycles. The third-order valence-corrected chi connectivity index (χ3v) is 6.20. The fraction of sp³-hybridized carbons (Fsp3) is 0.407. The van der Waals surface area contributed by atoms with Crippen LogP contribution in [-0.2, 0) is 20.8 Å². The minimum atomic E-state index is -0.922. The first-order valence-corrected chi connectivity index (χ1v) is 12.2. The van der Waals surface area contributed by atoms with Crippen molar-refractivity contribution < 1.29 is 23.9 Å². The molecule has 36 heavy (non-hydrogen) atoms. The lowest BCUT2D eigenvalue weighted by atomic mass is 10.1. The van der Waals surface area contributed by atoms with Gasteiger partial charge in [0.15, 0.2) is 0 Å². The number of hydrogen-bond acceptors (Lipinski definition) is 5. The van der Waals surface area contributed by atoms with Gasteiger partial charge in [0.1, 0.15) is 24.4 Å². The second-order valence-electron chi connectivity index (χ2n) is 8.76. The van der Waals surface area contributed by atoms with E-state index in [4.69, 9.17) is 4.74 Å². The number of hydrogen-bond donors (Lipinski definition) is 3. The van der Waals surface area contributed by atoms with Gasteiger partial charge >= 0.3 is 0 Å². The van der Waals surface area contributed by atoms with Crippen LogP contribution in [0, 0.1) is 0 Å². The van der Waals surface area contributed by atoms with Crippen molar-refractivity contribution >= 4 is 23.6 Å². The lowest BCUT2D eigenvalue weighted by Crippen LogP contribution is -2.49. The molecule has 3 rings (SSSR count). The maximum atomic E-state index is 13.1. The van der Waals surface area contributed by atoms with Gasteiger partial charge < -0.3 is 25.6 Å². The van der Waals surface area contributed by atoms with E-state index in [2.05, 4.69) is 16.0 Å². The minimum Gasteiger partial charge on any atom is -0.491 e. The van der Waals surface area contributed by atoms with Gasteiger partial charge in [-0.1, -0.05) is 42.5 Å². The average Bonchev–Trinajstić information content (AvgIpc) is 2.90. The van der Waals surface area contributed by atoms with E-state index in [-0.39, 0.29) is 49.3 Å². The number of para-hydroxylation sites is 1. The van der Waals surface area contributed by atoms with E-state index < -0.39 is 18.0 Å². The molecule has 1 aliphatic rings. The summed E-state index contributed by atoms with van der Waals surface area (Å²) in [5, 5.41) is 8.39. The van der Waals surface area contributed by atoms with Crippen LogP contribution in [0.5, 0.6) is 5.75 Å². The molecule has 0 spiro atoms. The van der Waals surface area contributed by atoms with Crippen molar-refractivity contribution in [1.29, 1.82) is 0 Å². The molecular formula is C27H34N4O5. The summed E-state index contributed by atoms with van der Waals surface area (Å²) < 4.78 is 5.73. The number of fused-ring (bicyclic) bond motifs is 1. The zero-order valence-electron chi connectivity index (χ0n) is 20.8. The predicted octanol–water partition coefficient (Wildman–Crippen LogP) is 1.67. The molecule has 2 atom stereocenters. The molecule has 2 aromatic carbocycles. The fourth-order valence-corrected chi connectivity index (χ4v) is 3.88.